The van der Waals surface area contributed by atoms with Crippen molar-refractivity contribution in [1.82, 2.24) is 19.5 Å². The molecule has 21 heavy (non-hydrogen) atoms. The molecule has 3 aromatic rings. The summed E-state index contributed by atoms with van der Waals surface area (Å²) >= 11 is 1.14. The van der Waals surface area contributed by atoms with Gasteiger partial charge in [-0.3, -0.25) is 9.78 Å². The van der Waals surface area contributed by atoms with Gasteiger partial charge in [-0.15, -0.1) is 5.10 Å². The number of carbonyl (C=O) groups excluding carboxylic acids is 1. The minimum absolute atomic E-state index is 0.0474. The molecule has 0 saturated heterocycles. The van der Waals surface area contributed by atoms with Crippen molar-refractivity contribution in [3.8, 4) is 0 Å². The van der Waals surface area contributed by atoms with Crippen LogP contribution in [-0.4, -0.2) is 32.4 Å². The van der Waals surface area contributed by atoms with Crippen molar-refractivity contribution in [3.05, 3.63) is 52.7 Å². The van der Waals surface area contributed by atoms with Crippen LogP contribution in [0.4, 0.5) is 0 Å². The molecular weight excluding hydrogens is 284 g/mol. The van der Waals surface area contributed by atoms with Crippen LogP contribution in [0.5, 0.6) is 0 Å². The first-order chi connectivity index (χ1) is 10.1. The summed E-state index contributed by atoms with van der Waals surface area (Å²) in [4.78, 5) is 18.9. The maximum atomic E-state index is 12.3. The summed E-state index contributed by atoms with van der Waals surface area (Å²) in [6.07, 6.45) is 1.78. The molecule has 1 amide bonds. The van der Waals surface area contributed by atoms with Gasteiger partial charge in [0.15, 0.2) is 0 Å². The van der Waals surface area contributed by atoms with Gasteiger partial charge >= 0.3 is 0 Å². The van der Waals surface area contributed by atoms with Gasteiger partial charge in [-0.05, 0) is 42.2 Å². The predicted octanol–water partition coefficient (Wildman–Crippen LogP) is 2.67. The Morgan fingerprint density at radius 2 is 2.19 bits per heavy atom. The summed E-state index contributed by atoms with van der Waals surface area (Å²) in [6.45, 7) is 2.34. The molecular formula is C15H14N4OS. The van der Waals surface area contributed by atoms with Gasteiger partial charge in [-0.25, -0.2) is 0 Å². The molecule has 0 saturated carbocycles. The van der Waals surface area contributed by atoms with Gasteiger partial charge in [0.05, 0.1) is 11.2 Å². The molecule has 3 rings (SSSR count). The Morgan fingerprint density at radius 3 is 2.95 bits per heavy atom. The fourth-order valence-electron chi connectivity index (χ4n) is 2.17. The maximum Gasteiger partial charge on any atom is 0.267 e. The van der Waals surface area contributed by atoms with E-state index in [0.717, 1.165) is 28.0 Å². The van der Waals surface area contributed by atoms with Crippen molar-refractivity contribution >= 4 is 28.3 Å². The summed E-state index contributed by atoms with van der Waals surface area (Å²) in [6, 6.07) is 9.96. The lowest BCUT2D eigenvalue weighted by molar-refractivity contribution is 0.0789. The number of nitrogens with zero attached hydrogens (tertiary/aromatic N) is 4. The van der Waals surface area contributed by atoms with Crippen LogP contribution in [0.25, 0.3) is 10.9 Å². The third-order valence-electron chi connectivity index (χ3n) is 3.28. The second-order valence-electron chi connectivity index (χ2n) is 4.88. The third kappa shape index (κ3) is 2.75. The Labute approximate surface area is 126 Å². The average Bonchev–Trinajstić information content (AvgIpc) is 2.92. The Bertz CT molecular complexity index is 799. The molecule has 0 aliphatic carbocycles. The molecule has 2 aromatic heterocycles. The predicted molar refractivity (Wildman–Crippen MR) is 82.2 cm³/mol. The van der Waals surface area contributed by atoms with E-state index >= 15 is 0 Å². The largest absolute Gasteiger partial charge is 0.337 e. The van der Waals surface area contributed by atoms with E-state index in [1.54, 1.807) is 25.1 Å². The van der Waals surface area contributed by atoms with Crippen LogP contribution < -0.4 is 0 Å². The molecule has 5 nitrogen and oxygen atoms in total. The zero-order chi connectivity index (χ0) is 14.8. The fraction of sp³-hybridized carbons (Fsp3) is 0.200. The van der Waals surface area contributed by atoms with Gasteiger partial charge in [0.1, 0.15) is 4.88 Å². The van der Waals surface area contributed by atoms with Crippen molar-refractivity contribution < 1.29 is 4.79 Å². The lowest BCUT2D eigenvalue weighted by atomic mass is 10.1. The molecule has 0 fully saturated rings. The van der Waals surface area contributed by atoms with Crippen molar-refractivity contribution in [2.45, 2.75) is 13.5 Å². The number of carbonyl (C=O) groups is 1. The number of benzene rings is 1. The first kappa shape index (κ1) is 13.6. The average molecular weight is 298 g/mol. The highest BCUT2D eigenvalue weighted by Crippen LogP contribution is 2.17. The molecule has 106 valence electrons. The number of rotatable bonds is 3. The number of amides is 1. The van der Waals surface area contributed by atoms with Gasteiger partial charge in [-0.1, -0.05) is 16.6 Å². The highest BCUT2D eigenvalue weighted by atomic mass is 32.1. The molecule has 0 aliphatic rings. The topological polar surface area (TPSA) is 59.0 Å². The smallest absolute Gasteiger partial charge is 0.267 e. The number of aryl methyl sites for hydroxylation is 1. The number of fused-ring (bicyclic) bond motifs is 1. The molecule has 0 unspecified atom stereocenters. The number of aromatic nitrogens is 3. The van der Waals surface area contributed by atoms with E-state index in [1.807, 2.05) is 24.3 Å². The van der Waals surface area contributed by atoms with Crippen LogP contribution in [0.2, 0.25) is 0 Å². The van der Waals surface area contributed by atoms with Crippen molar-refractivity contribution in [2.75, 3.05) is 7.05 Å². The molecule has 0 bridgehead atoms. The van der Waals surface area contributed by atoms with Crippen LogP contribution in [0.3, 0.4) is 0 Å². The first-order valence-electron chi connectivity index (χ1n) is 6.53. The molecule has 6 heteroatoms. The van der Waals surface area contributed by atoms with E-state index in [-0.39, 0.29) is 5.91 Å². The minimum Gasteiger partial charge on any atom is -0.337 e. The lowest BCUT2D eigenvalue weighted by Crippen LogP contribution is -2.26. The zero-order valence-electron chi connectivity index (χ0n) is 11.8. The summed E-state index contributed by atoms with van der Waals surface area (Å²) < 4.78 is 3.81. The van der Waals surface area contributed by atoms with Crippen LogP contribution in [-0.2, 0) is 6.54 Å². The molecule has 0 spiro atoms. The standard InChI is InChI=1S/C15H14N4OS/c1-10-14(21-18-17-10)15(20)19(2)9-11-5-6-13-12(8-11)4-3-7-16-13/h3-8H,9H2,1-2H3. The second kappa shape index (κ2) is 5.57. The van der Waals surface area contributed by atoms with Crippen LogP contribution in [0.15, 0.2) is 36.5 Å². The van der Waals surface area contributed by atoms with Crippen molar-refractivity contribution in [1.29, 1.82) is 0 Å². The monoisotopic (exact) mass is 298 g/mol. The Balaban J connectivity index is 1.81. The van der Waals surface area contributed by atoms with E-state index in [0.29, 0.717) is 17.1 Å². The molecule has 0 radical (unpaired) electrons. The molecule has 0 aliphatic heterocycles. The van der Waals surface area contributed by atoms with Gasteiger partial charge in [0.2, 0.25) is 0 Å². The molecule has 0 atom stereocenters. The van der Waals surface area contributed by atoms with Gasteiger partial charge in [0, 0.05) is 25.2 Å². The number of pyridine rings is 1. The highest BCUT2D eigenvalue weighted by Gasteiger charge is 2.17. The van der Waals surface area contributed by atoms with Gasteiger partial charge < -0.3 is 4.90 Å². The third-order valence-corrected chi connectivity index (χ3v) is 4.10. The fourth-order valence-corrected chi connectivity index (χ4v) is 2.82. The molecule has 0 N–H and O–H groups in total. The Morgan fingerprint density at radius 1 is 1.33 bits per heavy atom. The summed E-state index contributed by atoms with van der Waals surface area (Å²) in [5.74, 6) is -0.0474. The van der Waals surface area contributed by atoms with Crippen LogP contribution in [0, 0.1) is 6.92 Å². The van der Waals surface area contributed by atoms with Crippen molar-refractivity contribution in [2.24, 2.45) is 0 Å². The highest BCUT2D eigenvalue weighted by molar-refractivity contribution is 7.07. The van der Waals surface area contributed by atoms with E-state index < -0.39 is 0 Å². The van der Waals surface area contributed by atoms with E-state index in [9.17, 15) is 4.79 Å². The van der Waals surface area contributed by atoms with Gasteiger partial charge in [0.25, 0.3) is 5.91 Å². The molecule has 1 aromatic carbocycles. The zero-order valence-corrected chi connectivity index (χ0v) is 12.6. The van der Waals surface area contributed by atoms with Crippen LogP contribution >= 0.6 is 11.5 Å². The molecule has 2 heterocycles. The number of hydrogen-bond donors (Lipinski definition) is 0. The quantitative estimate of drug-likeness (QED) is 0.746. The first-order valence-corrected chi connectivity index (χ1v) is 7.30. The van der Waals surface area contributed by atoms with E-state index in [1.165, 1.54) is 0 Å². The van der Waals surface area contributed by atoms with Crippen molar-refractivity contribution in [3.63, 3.8) is 0 Å². The van der Waals surface area contributed by atoms with E-state index in [4.69, 9.17) is 0 Å². The maximum absolute atomic E-state index is 12.3. The van der Waals surface area contributed by atoms with Crippen LogP contribution in [0.1, 0.15) is 20.9 Å². The summed E-state index contributed by atoms with van der Waals surface area (Å²) in [7, 11) is 1.79. The SMILES string of the molecule is Cc1nnsc1C(=O)N(C)Cc1ccc2ncccc2c1. The lowest BCUT2D eigenvalue weighted by Gasteiger charge is -2.16. The van der Waals surface area contributed by atoms with Gasteiger partial charge in [-0.2, -0.15) is 0 Å². The normalized spacial score (nSPS) is 10.8. The Kier molecular flexibility index (Phi) is 3.62. The minimum atomic E-state index is -0.0474. The second-order valence-corrected chi connectivity index (χ2v) is 5.63. The van der Waals surface area contributed by atoms with E-state index in [2.05, 4.69) is 20.6 Å². The number of hydrogen-bond acceptors (Lipinski definition) is 5. The summed E-state index contributed by atoms with van der Waals surface area (Å²) in [5.41, 5.74) is 2.71. The summed E-state index contributed by atoms with van der Waals surface area (Å²) in [5, 5.41) is 4.96. The Hall–Kier alpha value is -2.34.